The predicted octanol–water partition coefficient (Wildman–Crippen LogP) is 2.11. The summed E-state index contributed by atoms with van der Waals surface area (Å²) in [6.45, 7) is -0.00768. The predicted molar refractivity (Wildman–Crippen MR) is 71.9 cm³/mol. The minimum absolute atomic E-state index is 0.00469. The topological polar surface area (TPSA) is 63.4 Å². The molecule has 0 unspecified atom stereocenters. The van der Waals surface area contributed by atoms with Gasteiger partial charge in [0.15, 0.2) is 0 Å². The van der Waals surface area contributed by atoms with Gasteiger partial charge in [-0.2, -0.15) is 4.31 Å². The summed E-state index contributed by atoms with van der Waals surface area (Å²) in [5.41, 5.74) is 5.74. The van der Waals surface area contributed by atoms with Crippen molar-refractivity contribution in [2.24, 2.45) is 5.73 Å². The van der Waals surface area contributed by atoms with E-state index in [1.165, 1.54) is 17.4 Å². The number of rotatable bonds is 4. The Labute approximate surface area is 117 Å². The molecule has 0 spiro atoms. The largest absolute Gasteiger partial charge is 0.326 e. The van der Waals surface area contributed by atoms with Crippen LogP contribution < -0.4 is 5.73 Å². The van der Waals surface area contributed by atoms with Crippen LogP contribution in [0.3, 0.4) is 0 Å². The van der Waals surface area contributed by atoms with Gasteiger partial charge in [-0.3, -0.25) is 0 Å². The van der Waals surface area contributed by atoms with E-state index in [1.54, 1.807) is 0 Å². The molecular formula is C12H16ClFN2O2S. The van der Waals surface area contributed by atoms with Gasteiger partial charge < -0.3 is 5.73 Å². The number of nitrogens with zero attached hydrogens (tertiary/aromatic N) is 1. The Morgan fingerprint density at radius 3 is 2.58 bits per heavy atom. The number of nitrogens with two attached hydrogens (primary N) is 1. The number of benzene rings is 1. The number of hydrogen-bond acceptors (Lipinski definition) is 3. The maximum absolute atomic E-state index is 13.6. The molecule has 1 aliphatic rings. The lowest BCUT2D eigenvalue weighted by molar-refractivity contribution is 0.249. The third kappa shape index (κ3) is 2.63. The highest BCUT2D eigenvalue weighted by atomic mass is 35.5. The molecule has 0 atom stereocenters. The first-order chi connectivity index (χ1) is 8.87. The summed E-state index contributed by atoms with van der Waals surface area (Å²) in [6, 6.07) is 2.30. The maximum Gasteiger partial charge on any atom is 0.243 e. The molecule has 7 heteroatoms. The van der Waals surface area contributed by atoms with Crippen molar-refractivity contribution in [3.8, 4) is 0 Å². The number of hydrogen-bond donors (Lipinski definition) is 1. The molecule has 4 nitrogen and oxygen atoms in total. The van der Waals surface area contributed by atoms with Crippen molar-refractivity contribution in [3.05, 3.63) is 28.5 Å². The Hall–Kier alpha value is -0.690. The molecule has 1 fully saturated rings. The highest BCUT2D eigenvalue weighted by Crippen LogP contribution is 2.30. The van der Waals surface area contributed by atoms with Gasteiger partial charge in [0, 0.05) is 19.6 Å². The fraction of sp³-hybridized carbons (Fsp3) is 0.500. The van der Waals surface area contributed by atoms with Gasteiger partial charge in [-0.15, -0.1) is 0 Å². The molecule has 0 aliphatic heterocycles. The molecule has 0 amide bonds. The van der Waals surface area contributed by atoms with Crippen molar-refractivity contribution in [2.75, 3.05) is 7.05 Å². The zero-order chi connectivity index (χ0) is 14.2. The zero-order valence-corrected chi connectivity index (χ0v) is 12.1. The fourth-order valence-electron chi connectivity index (χ4n) is 2.03. The Morgan fingerprint density at radius 1 is 1.47 bits per heavy atom. The van der Waals surface area contributed by atoms with Crippen molar-refractivity contribution >= 4 is 21.6 Å². The summed E-state index contributed by atoms with van der Waals surface area (Å²) >= 11 is 5.73. The Bertz CT molecular complexity index is 588. The molecule has 2 N–H and O–H groups in total. The van der Waals surface area contributed by atoms with E-state index < -0.39 is 15.8 Å². The zero-order valence-electron chi connectivity index (χ0n) is 10.6. The van der Waals surface area contributed by atoms with Crippen molar-refractivity contribution in [1.29, 1.82) is 0 Å². The van der Waals surface area contributed by atoms with Gasteiger partial charge >= 0.3 is 0 Å². The molecule has 1 aromatic carbocycles. The van der Waals surface area contributed by atoms with Crippen LogP contribution in [0.25, 0.3) is 0 Å². The highest BCUT2D eigenvalue weighted by molar-refractivity contribution is 7.89. The van der Waals surface area contributed by atoms with E-state index in [1.807, 2.05) is 0 Å². The van der Waals surface area contributed by atoms with E-state index >= 15 is 0 Å². The SMILES string of the molecule is CN(C1CCC1)S(=O)(=O)c1cc(F)c(Cl)c(CN)c1. The summed E-state index contributed by atoms with van der Waals surface area (Å²) in [6.07, 6.45) is 2.71. The average molecular weight is 307 g/mol. The maximum atomic E-state index is 13.6. The minimum atomic E-state index is -3.69. The van der Waals surface area contributed by atoms with Gasteiger partial charge in [0.2, 0.25) is 10.0 Å². The molecule has 19 heavy (non-hydrogen) atoms. The molecule has 0 aromatic heterocycles. The molecule has 1 aromatic rings. The van der Waals surface area contributed by atoms with Crippen LogP contribution in [0, 0.1) is 5.82 Å². The van der Waals surface area contributed by atoms with Crippen LogP contribution in [0.1, 0.15) is 24.8 Å². The molecule has 1 saturated carbocycles. The van der Waals surface area contributed by atoms with Gasteiger partial charge in [0.05, 0.1) is 9.92 Å². The summed E-state index contributed by atoms with van der Waals surface area (Å²) in [7, 11) is -2.17. The standard InChI is InChI=1S/C12H16ClFN2O2S/c1-16(9-3-2-4-9)19(17,18)10-5-8(7-15)12(13)11(14)6-10/h5-6,9H,2-4,7,15H2,1H3. The normalized spacial score (nSPS) is 16.7. The van der Waals surface area contributed by atoms with E-state index in [9.17, 15) is 12.8 Å². The van der Waals surface area contributed by atoms with E-state index in [0.717, 1.165) is 25.3 Å². The first-order valence-electron chi connectivity index (χ1n) is 6.04. The van der Waals surface area contributed by atoms with Crippen LogP contribution in [-0.4, -0.2) is 25.8 Å². The molecule has 106 valence electrons. The average Bonchev–Trinajstić information content (AvgIpc) is 2.30. The van der Waals surface area contributed by atoms with Gasteiger partial charge in [0.25, 0.3) is 0 Å². The molecule has 0 bridgehead atoms. The quantitative estimate of drug-likeness (QED) is 0.926. The van der Waals surface area contributed by atoms with Crippen LogP contribution in [-0.2, 0) is 16.6 Å². The Balaban J connectivity index is 2.42. The summed E-state index contributed by atoms with van der Waals surface area (Å²) in [5.74, 6) is -0.759. The van der Waals surface area contributed by atoms with E-state index in [2.05, 4.69) is 0 Å². The number of halogens is 2. The second-order valence-electron chi connectivity index (χ2n) is 4.69. The van der Waals surface area contributed by atoms with Gasteiger partial charge in [0.1, 0.15) is 5.82 Å². The first-order valence-corrected chi connectivity index (χ1v) is 7.85. The van der Waals surface area contributed by atoms with Crippen LogP contribution in [0.5, 0.6) is 0 Å². The lowest BCUT2D eigenvalue weighted by atomic mass is 9.94. The van der Waals surface area contributed by atoms with Gasteiger partial charge in [-0.25, -0.2) is 12.8 Å². The van der Waals surface area contributed by atoms with E-state index in [0.29, 0.717) is 5.56 Å². The lowest BCUT2D eigenvalue weighted by Crippen LogP contribution is -2.41. The second-order valence-corrected chi connectivity index (χ2v) is 7.06. The van der Waals surface area contributed by atoms with Gasteiger partial charge in [-0.1, -0.05) is 18.0 Å². The van der Waals surface area contributed by atoms with Crippen molar-refractivity contribution in [3.63, 3.8) is 0 Å². The molecule has 1 aliphatic carbocycles. The minimum Gasteiger partial charge on any atom is -0.326 e. The summed E-state index contributed by atoms with van der Waals surface area (Å²) < 4.78 is 39.7. The highest BCUT2D eigenvalue weighted by Gasteiger charge is 2.32. The molecule has 0 radical (unpaired) electrons. The molecular weight excluding hydrogens is 291 g/mol. The Kier molecular flexibility index (Phi) is 4.15. The van der Waals surface area contributed by atoms with Crippen LogP contribution >= 0.6 is 11.6 Å². The monoisotopic (exact) mass is 306 g/mol. The van der Waals surface area contributed by atoms with Crippen LogP contribution in [0.2, 0.25) is 5.02 Å². The van der Waals surface area contributed by atoms with Crippen LogP contribution in [0.4, 0.5) is 4.39 Å². The smallest absolute Gasteiger partial charge is 0.243 e. The van der Waals surface area contributed by atoms with Crippen LogP contribution in [0.15, 0.2) is 17.0 Å². The van der Waals surface area contributed by atoms with Crippen molar-refractivity contribution in [2.45, 2.75) is 36.7 Å². The third-order valence-electron chi connectivity index (χ3n) is 3.56. The van der Waals surface area contributed by atoms with E-state index in [4.69, 9.17) is 17.3 Å². The van der Waals surface area contributed by atoms with Gasteiger partial charge in [-0.05, 0) is 30.5 Å². The van der Waals surface area contributed by atoms with Crippen molar-refractivity contribution < 1.29 is 12.8 Å². The van der Waals surface area contributed by atoms with Crippen molar-refractivity contribution in [1.82, 2.24) is 4.31 Å². The fourth-order valence-corrected chi connectivity index (χ4v) is 3.69. The summed E-state index contributed by atoms with van der Waals surface area (Å²) in [5, 5.41) is -0.118. The Morgan fingerprint density at radius 2 is 2.11 bits per heavy atom. The lowest BCUT2D eigenvalue weighted by Gasteiger charge is -2.33. The first kappa shape index (κ1) is 14.7. The third-order valence-corrected chi connectivity index (χ3v) is 5.87. The van der Waals surface area contributed by atoms with E-state index in [-0.39, 0.29) is 22.5 Å². The molecule has 0 heterocycles. The molecule has 2 rings (SSSR count). The molecule has 0 saturated heterocycles. The summed E-state index contributed by atoms with van der Waals surface area (Å²) in [4.78, 5) is -0.0933. The second kappa shape index (κ2) is 5.36. The number of sulfonamides is 1.